The van der Waals surface area contributed by atoms with Gasteiger partial charge in [-0.15, -0.1) is 0 Å². The lowest BCUT2D eigenvalue weighted by Crippen LogP contribution is -2.19. The van der Waals surface area contributed by atoms with E-state index in [0.29, 0.717) is 11.8 Å². The van der Waals surface area contributed by atoms with E-state index in [-0.39, 0.29) is 5.15 Å². The zero-order chi connectivity index (χ0) is 16.5. The molecule has 0 aliphatic heterocycles. The van der Waals surface area contributed by atoms with Crippen LogP contribution in [0.15, 0.2) is 30.5 Å². The minimum absolute atomic E-state index is 0.324. The fourth-order valence-electron chi connectivity index (χ4n) is 1.92. The van der Waals surface area contributed by atoms with Crippen molar-refractivity contribution in [1.29, 1.82) is 0 Å². The Morgan fingerprint density at radius 2 is 1.95 bits per heavy atom. The van der Waals surface area contributed by atoms with Crippen molar-refractivity contribution >= 4 is 23.2 Å². The molecule has 1 amide bonds. The molecular formula is C15H12ClF3N2O. The first kappa shape index (κ1) is 16.3. The summed E-state index contributed by atoms with van der Waals surface area (Å²) in [5, 5.41) is 2.15. The van der Waals surface area contributed by atoms with Crippen molar-refractivity contribution in [3.05, 3.63) is 57.9 Å². The Morgan fingerprint density at radius 3 is 2.59 bits per heavy atom. The Kier molecular flexibility index (Phi) is 4.42. The van der Waals surface area contributed by atoms with Gasteiger partial charge in [-0.1, -0.05) is 23.7 Å². The number of halogens is 4. The summed E-state index contributed by atoms with van der Waals surface area (Å²) in [6, 6.07) is 5.81. The smallest absolute Gasteiger partial charge is 0.322 e. The Hall–Kier alpha value is -2.08. The predicted octanol–water partition coefficient (Wildman–Crippen LogP) is 4.62. The highest BCUT2D eigenvalue weighted by molar-refractivity contribution is 6.29. The van der Waals surface area contributed by atoms with Crippen molar-refractivity contribution in [2.75, 3.05) is 5.32 Å². The summed E-state index contributed by atoms with van der Waals surface area (Å²) in [6.07, 6.45) is -3.87. The summed E-state index contributed by atoms with van der Waals surface area (Å²) in [5.41, 5.74) is 0.468. The molecule has 2 rings (SSSR count). The first-order valence-corrected chi connectivity index (χ1v) is 6.68. The number of aromatic nitrogens is 1. The van der Waals surface area contributed by atoms with Gasteiger partial charge in [0.2, 0.25) is 0 Å². The van der Waals surface area contributed by atoms with Gasteiger partial charge in [-0.2, -0.15) is 13.2 Å². The summed E-state index contributed by atoms with van der Waals surface area (Å²) in [7, 11) is 0. The average Bonchev–Trinajstić information content (AvgIpc) is 2.42. The Balaban J connectivity index is 2.40. The standard InChI is InChI=1S/C15H12ClF3N2O/c1-8-4-3-5-12(9(8)2)21-14(22)10-7-20-13(16)6-11(10)15(17,18)19/h3-7H,1-2H3,(H,21,22). The highest BCUT2D eigenvalue weighted by Crippen LogP contribution is 2.33. The number of hydrogen-bond acceptors (Lipinski definition) is 2. The van der Waals surface area contributed by atoms with Crippen molar-refractivity contribution < 1.29 is 18.0 Å². The minimum Gasteiger partial charge on any atom is -0.322 e. The van der Waals surface area contributed by atoms with Gasteiger partial charge in [0.25, 0.3) is 5.91 Å². The average molecular weight is 329 g/mol. The van der Waals surface area contributed by atoms with E-state index >= 15 is 0 Å². The van der Waals surface area contributed by atoms with Crippen LogP contribution in [0.25, 0.3) is 0 Å². The SMILES string of the molecule is Cc1cccc(NC(=O)c2cnc(Cl)cc2C(F)(F)F)c1C. The van der Waals surface area contributed by atoms with Crippen molar-refractivity contribution in [3.63, 3.8) is 0 Å². The van der Waals surface area contributed by atoms with Crippen LogP contribution in [-0.2, 0) is 6.18 Å². The highest BCUT2D eigenvalue weighted by Gasteiger charge is 2.36. The number of amides is 1. The van der Waals surface area contributed by atoms with E-state index in [1.165, 1.54) is 0 Å². The molecule has 2 aromatic rings. The normalized spacial score (nSPS) is 11.4. The molecule has 116 valence electrons. The number of carbonyl (C=O) groups is 1. The number of anilines is 1. The lowest BCUT2D eigenvalue weighted by atomic mass is 10.1. The molecule has 22 heavy (non-hydrogen) atoms. The second kappa shape index (κ2) is 5.96. The van der Waals surface area contributed by atoms with Crippen LogP contribution < -0.4 is 5.32 Å². The maximum absolute atomic E-state index is 13.0. The topological polar surface area (TPSA) is 42.0 Å². The van der Waals surface area contributed by atoms with E-state index < -0.39 is 23.2 Å². The van der Waals surface area contributed by atoms with Crippen LogP contribution in [-0.4, -0.2) is 10.9 Å². The molecule has 0 atom stereocenters. The van der Waals surface area contributed by atoms with Crippen LogP contribution >= 0.6 is 11.6 Å². The fourth-order valence-corrected chi connectivity index (χ4v) is 2.08. The van der Waals surface area contributed by atoms with E-state index in [2.05, 4.69) is 10.3 Å². The number of hydrogen-bond donors (Lipinski definition) is 1. The molecule has 0 aliphatic carbocycles. The molecule has 0 saturated carbocycles. The van der Waals surface area contributed by atoms with Gasteiger partial charge in [-0.25, -0.2) is 4.98 Å². The van der Waals surface area contributed by atoms with Gasteiger partial charge in [0.15, 0.2) is 0 Å². The van der Waals surface area contributed by atoms with Gasteiger partial charge in [-0.05, 0) is 37.1 Å². The van der Waals surface area contributed by atoms with E-state index in [4.69, 9.17) is 11.6 Å². The molecule has 0 spiro atoms. The molecule has 0 aliphatic rings. The zero-order valence-corrected chi connectivity index (χ0v) is 12.5. The maximum atomic E-state index is 13.0. The van der Waals surface area contributed by atoms with Crippen LogP contribution in [0, 0.1) is 13.8 Å². The molecule has 0 fully saturated rings. The molecular weight excluding hydrogens is 317 g/mol. The van der Waals surface area contributed by atoms with E-state index in [1.54, 1.807) is 19.1 Å². The van der Waals surface area contributed by atoms with Crippen molar-refractivity contribution in [2.24, 2.45) is 0 Å². The number of nitrogens with zero attached hydrogens (tertiary/aromatic N) is 1. The monoisotopic (exact) mass is 328 g/mol. The molecule has 0 bridgehead atoms. The predicted molar refractivity (Wildman–Crippen MR) is 78.1 cm³/mol. The Bertz CT molecular complexity index is 729. The molecule has 1 N–H and O–H groups in total. The molecule has 1 heterocycles. The third-order valence-electron chi connectivity index (χ3n) is 3.27. The third kappa shape index (κ3) is 3.39. The van der Waals surface area contributed by atoms with Gasteiger partial charge >= 0.3 is 6.18 Å². The van der Waals surface area contributed by atoms with Crippen molar-refractivity contribution in [3.8, 4) is 0 Å². The molecule has 0 unspecified atom stereocenters. The lowest BCUT2D eigenvalue weighted by Gasteiger charge is -2.14. The van der Waals surface area contributed by atoms with Crippen LogP contribution in [0.3, 0.4) is 0 Å². The van der Waals surface area contributed by atoms with Gasteiger partial charge in [0.1, 0.15) is 5.15 Å². The van der Waals surface area contributed by atoms with Gasteiger partial charge in [0.05, 0.1) is 11.1 Å². The highest BCUT2D eigenvalue weighted by atomic mass is 35.5. The summed E-state index contributed by atoms with van der Waals surface area (Å²) in [5.74, 6) is -0.884. The van der Waals surface area contributed by atoms with Gasteiger partial charge in [0, 0.05) is 11.9 Å². The Morgan fingerprint density at radius 1 is 1.27 bits per heavy atom. The molecule has 1 aromatic carbocycles. The lowest BCUT2D eigenvalue weighted by molar-refractivity contribution is -0.137. The number of pyridine rings is 1. The number of carbonyl (C=O) groups excluding carboxylic acids is 1. The number of aryl methyl sites for hydroxylation is 1. The van der Waals surface area contributed by atoms with Crippen LogP contribution in [0.2, 0.25) is 5.15 Å². The summed E-state index contributed by atoms with van der Waals surface area (Å²) >= 11 is 5.49. The van der Waals surface area contributed by atoms with Crippen LogP contribution in [0.5, 0.6) is 0 Å². The second-order valence-corrected chi connectivity index (χ2v) is 5.14. The first-order valence-electron chi connectivity index (χ1n) is 6.30. The van der Waals surface area contributed by atoms with E-state index in [9.17, 15) is 18.0 Å². The van der Waals surface area contributed by atoms with E-state index in [0.717, 1.165) is 17.3 Å². The number of benzene rings is 1. The molecule has 0 radical (unpaired) electrons. The minimum atomic E-state index is -4.69. The molecule has 7 heteroatoms. The maximum Gasteiger partial charge on any atom is 0.417 e. The van der Waals surface area contributed by atoms with Crippen molar-refractivity contribution in [1.82, 2.24) is 4.98 Å². The molecule has 3 nitrogen and oxygen atoms in total. The third-order valence-corrected chi connectivity index (χ3v) is 3.48. The zero-order valence-electron chi connectivity index (χ0n) is 11.8. The largest absolute Gasteiger partial charge is 0.417 e. The summed E-state index contributed by atoms with van der Waals surface area (Å²) in [4.78, 5) is 15.7. The summed E-state index contributed by atoms with van der Waals surface area (Å²) in [6.45, 7) is 3.62. The first-order chi connectivity index (χ1) is 10.2. The number of rotatable bonds is 2. The number of nitrogens with one attached hydrogen (secondary N) is 1. The number of alkyl halides is 3. The summed E-state index contributed by atoms with van der Waals surface area (Å²) < 4.78 is 39.0. The fraction of sp³-hybridized carbons (Fsp3) is 0.200. The van der Waals surface area contributed by atoms with Crippen LogP contribution in [0.1, 0.15) is 27.0 Å². The molecule has 1 aromatic heterocycles. The Labute approximate surface area is 130 Å². The molecule has 0 saturated heterocycles. The van der Waals surface area contributed by atoms with E-state index in [1.807, 2.05) is 13.0 Å². The van der Waals surface area contributed by atoms with Crippen molar-refractivity contribution in [2.45, 2.75) is 20.0 Å². The van der Waals surface area contributed by atoms with Crippen LogP contribution in [0.4, 0.5) is 18.9 Å². The quantitative estimate of drug-likeness (QED) is 0.817. The van der Waals surface area contributed by atoms with Gasteiger partial charge < -0.3 is 5.32 Å². The van der Waals surface area contributed by atoms with Gasteiger partial charge in [-0.3, -0.25) is 4.79 Å². The second-order valence-electron chi connectivity index (χ2n) is 4.75.